The topological polar surface area (TPSA) is 40.7 Å². The van der Waals surface area contributed by atoms with Crippen LogP contribution in [0.2, 0.25) is 0 Å². The summed E-state index contributed by atoms with van der Waals surface area (Å²) in [6.07, 6.45) is 4.19. The lowest BCUT2D eigenvalue weighted by atomic mass is 10.1. The molecule has 0 fully saturated rings. The Morgan fingerprint density at radius 2 is 1.95 bits per heavy atom. The van der Waals surface area contributed by atoms with Crippen molar-refractivity contribution in [2.24, 2.45) is 0 Å². The minimum absolute atomic E-state index is 0.502. The molecule has 0 radical (unpaired) electrons. The van der Waals surface area contributed by atoms with Crippen molar-refractivity contribution in [1.82, 2.24) is 15.3 Å². The molecule has 1 aromatic heterocycles. The molecule has 1 heterocycles. The molecule has 0 saturated carbocycles. The molecule has 1 aliphatic carbocycles. The lowest BCUT2D eigenvalue weighted by Gasteiger charge is -2.07. The monoisotopic (exact) mass is 255 g/mol. The molecule has 0 saturated heterocycles. The van der Waals surface area contributed by atoms with Crippen LogP contribution in [0.25, 0.3) is 0 Å². The molecule has 19 heavy (non-hydrogen) atoms. The summed E-state index contributed by atoms with van der Waals surface area (Å²) in [5.74, 6) is 1.65. The van der Waals surface area contributed by atoms with Crippen LogP contribution in [0.5, 0.6) is 0 Å². The number of nitrogens with zero attached hydrogens (tertiary/aromatic N) is 1. The number of H-pyrrole nitrogens is 1. The molecule has 0 spiro atoms. The minimum Gasteiger partial charge on any atom is -0.345 e. The van der Waals surface area contributed by atoms with Crippen molar-refractivity contribution in [1.29, 1.82) is 0 Å². The van der Waals surface area contributed by atoms with E-state index in [1.807, 2.05) is 6.20 Å². The van der Waals surface area contributed by atoms with Crippen LogP contribution >= 0.6 is 0 Å². The maximum atomic E-state index is 4.56. The second kappa shape index (κ2) is 5.17. The number of imidazole rings is 1. The van der Waals surface area contributed by atoms with E-state index in [1.165, 1.54) is 16.8 Å². The summed E-state index contributed by atoms with van der Waals surface area (Å²) in [6, 6.07) is 9.23. The third-order valence-electron chi connectivity index (χ3n) is 3.79. The molecule has 0 amide bonds. The third kappa shape index (κ3) is 2.71. The van der Waals surface area contributed by atoms with E-state index >= 15 is 0 Å². The van der Waals surface area contributed by atoms with E-state index in [1.54, 1.807) is 0 Å². The van der Waals surface area contributed by atoms with Gasteiger partial charge in [0, 0.05) is 30.4 Å². The molecule has 3 nitrogen and oxygen atoms in total. The van der Waals surface area contributed by atoms with Crippen LogP contribution in [-0.2, 0) is 19.4 Å². The van der Waals surface area contributed by atoms with Crippen LogP contribution in [-0.4, -0.2) is 16.0 Å². The highest BCUT2D eigenvalue weighted by Gasteiger charge is 2.24. The first kappa shape index (κ1) is 12.4. The summed E-state index contributed by atoms with van der Waals surface area (Å²) in [5.41, 5.74) is 4.14. The van der Waals surface area contributed by atoms with Crippen molar-refractivity contribution in [2.75, 3.05) is 0 Å². The quantitative estimate of drug-likeness (QED) is 0.882. The Morgan fingerprint density at radius 3 is 2.58 bits per heavy atom. The van der Waals surface area contributed by atoms with E-state index in [0.717, 1.165) is 25.2 Å². The summed E-state index contributed by atoms with van der Waals surface area (Å²) < 4.78 is 0. The van der Waals surface area contributed by atoms with Gasteiger partial charge in [0.1, 0.15) is 5.82 Å². The van der Waals surface area contributed by atoms with Crippen molar-refractivity contribution in [3.63, 3.8) is 0 Å². The highest BCUT2D eigenvalue weighted by molar-refractivity contribution is 5.35. The molecule has 1 aliphatic rings. The summed E-state index contributed by atoms with van der Waals surface area (Å²) in [4.78, 5) is 8.04. The number of hydrogen-bond acceptors (Lipinski definition) is 2. The van der Waals surface area contributed by atoms with Gasteiger partial charge in [-0.1, -0.05) is 38.1 Å². The zero-order valence-electron chi connectivity index (χ0n) is 11.6. The molecule has 0 bridgehead atoms. The number of aromatic nitrogens is 2. The summed E-state index contributed by atoms with van der Waals surface area (Å²) >= 11 is 0. The molecular formula is C16H21N3. The Labute approximate surface area is 114 Å². The molecule has 1 aromatic carbocycles. The summed E-state index contributed by atoms with van der Waals surface area (Å²) in [7, 11) is 0. The fraction of sp³-hybridized carbons (Fsp3) is 0.438. The molecule has 2 N–H and O–H groups in total. The fourth-order valence-corrected chi connectivity index (χ4v) is 2.74. The summed E-state index contributed by atoms with van der Waals surface area (Å²) in [5, 5.41) is 3.41. The van der Waals surface area contributed by atoms with Crippen molar-refractivity contribution in [2.45, 2.75) is 45.2 Å². The normalized spacial score (nSPS) is 15.1. The van der Waals surface area contributed by atoms with Gasteiger partial charge < -0.3 is 10.3 Å². The molecule has 0 unspecified atom stereocenters. The van der Waals surface area contributed by atoms with E-state index in [2.05, 4.69) is 53.4 Å². The van der Waals surface area contributed by atoms with Crippen molar-refractivity contribution in [3.05, 3.63) is 53.1 Å². The van der Waals surface area contributed by atoms with Crippen LogP contribution in [0, 0.1) is 0 Å². The predicted octanol–water partition coefficient (Wildman–Crippen LogP) is 2.79. The SMILES string of the molecule is CC(C)NCc1cnc(C2Cc3ccccc3C2)[nH]1. The van der Waals surface area contributed by atoms with Crippen LogP contribution in [0.4, 0.5) is 0 Å². The van der Waals surface area contributed by atoms with Crippen molar-refractivity contribution >= 4 is 0 Å². The Morgan fingerprint density at radius 1 is 1.26 bits per heavy atom. The van der Waals surface area contributed by atoms with Gasteiger partial charge >= 0.3 is 0 Å². The average Bonchev–Trinajstić information content (AvgIpc) is 3.02. The third-order valence-corrected chi connectivity index (χ3v) is 3.79. The van der Waals surface area contributed by atoms with Gasteiger partial charge in [-0.15, -0.1) is 0 Å². The first-order valence-corrected chi connectivity index (χ1v) is 7.06. The van der Waals surface area contributed by atoms with Crippen LogP contribution in [0.15, 0.2) is 30.5 Å². The maximum Gasteiger partial charge on any atom is 0.110 e. The van der Waals surface area contributed by atoms with Gasteiger partial charge in [-0.3, -0.25) is 0 Å². The van der Waals surface area contributed by atoms with Gasteiger partial charge in [-0.25, -0.2) is 4.98 Å². The average molecular weight is 255 g/mol. The maximum absolute atomic E-state index is 4.56. The van der Waals surface area contributed by atoms with Gasteiger partial charge in [0.2, 0.25) is 0 Å². The van der Waals surface area contributed by atoms with Crippen LogP contribution in [0.3, 0.4) is 0 Å². The van der Waals surface area contributed by atoms with E-state index in [-0.39, 0.29) is 0 Å². The Hall–Kier alpha value is -1.61. The second-order valence-electron chi connectivity index (χ2n) is 5.70. The number of hydrogen-bond donors (Lipinski definition) is 2. The largest absolute Gasteiger partial charge is 0.345 e. The van der Waals surface area contributed by atoms with E-state index in [9.17, 15) is 0 Å². The smallest absolute Gasteiger partial charge is 0.110 e. The molecule has 2 aromatic rings. The zero-order chi connectivity index (χ0) is 13.2. The summed E-state index contributed by atoms with van der Waals surface area (Å²) in [6.45, 7) is 5.18. The first-order chi connectivity index (χ1) is 9.22. The Balaban J connectivity index is 1.68. The van der Waals surface area contributed by atoms with Gasteiger partial charge in [-0.05, 0) is 24.0 Å². The van der Waals surface area contributed by atoms with Gasteiger partial charge in [0.15, 0.2) is 0 Å². The number of fused-ring (bicyclic) bond motifs is 1. The van der Waals surface area contributed by atoms with E-state index in [4.69, 9.17) is 0 Å². The minimum atomic E-state index is 0.502. The number of rotatable bonds is 4. The van der Waals surface area contributed by atoms with Crippen LogP contribution in [0.1, 0.15) is 42.4 Å². The van der Waals surface area contributed by atoms with Crippen molar-refractivity contribution in [3.8, 4) is 0 Å². The van der Waals surface area contributed by atoms with Gasteiger partial charge in [-0.2, -0.15) is 0 Å². The number of benzene rings is 1. The second-order valence-corrected chi connectivity index (χ2v) is 5.70. The molecule has 3 heteroatoms. The Bertz CT molecular complexity index is 532. The molecule has 0 aliphatic heterocycles. The zero-order valence-corrected chi connectivity index (χ0v) is 11.6. The van der Waals surface area contributed by atoms with Crippen molar-refractivity contribution < 1.29 is 0 Å². The lowest BCUT2D eigenvalue weighted by Crippen LogP contribution is -2.22. The van der Waals surface area contributed by atoms with Gasteiger partial charge in [0.25, 0.3) is 0 Å². The molecule has 0 atom stereocenters. The van der Waals surface area contributed by atoms with Gasteiger partial charge in [0.05, 0.1) is 0 Å². The number of nitrogens with one attached hydrogen (secondary N) is 2. The highest BCUT2D eigenvalue weighted by atomic mass is 15.0. The first-order valence-electron chi connectivity index (χ1n) is 7.06. The van der Waals surface area contributed by atoms with E-state index < -0.39 is 0 Å². The standard InChI is InChI=1S/C16H21N3/c1-11(2)17-9-15-10-18-16(19-15)14-7-12-5-3-4-6-13(12)8-14/h3-6,10-11,14,17H,7-9H2,1-2H3,(H,18,19). The lowest BCUT2D eigenvalue weighted by molar-refractivity contribution is 0.580. The van der Waals surface area contributed by atoms with Crippen LogP contribution < -0.4 is 5.32 Å². The molecule has 100 valence electrons. The molecule has 3 rings (SSSR count). The fourth-order valence-electron chi connectivity index (χ4n) is 2.74. The highest BCUT2D eigenvalue weighted by Crippen LogP contribution is 2.32. The molecular weight excluding hydrogens is 234 g/mol. The van der Waals surface area contributed by atoms with E-state index in [0.29, 0.717) is 12.0 Å². The predicted molar refractivity (Wildman–Crippen MR) is 77.2 cm³/mol. The number of aromatic amines is 1. The Kier molecular flexibility index (Phi) is 3.38.